The van der Waals surface area contributed by atoms with Gasteiger partial charge in [0.2, 0.25) is 12.0 Å². The molecule has 10 nitrogen and oxygen atoms in total. The zero-order valence-electron chi connectivity index (χ0n) is 16.4. The van der Waals surface area contributed by atoms with E-state index in [0.717, 1.165) is 0 Å². The zero-order chi connectivity index (χ0) is 21.5. The Morgan fingerprint density at radius 2 is 1.72 bits per heavy atom. The van der Waals surface area contributed by atoms with Gasteiger partial charge in [-0.1, -0.05) is 0 Å². The average molecular weight is 412 g/mol. The van der Waals surface area contributed by atoms with Crippen molar-refractivity contribution in [2.24, 2.45) is 0 Å². The number of aliphatic hydroxyl groups excluding tert-OH is 4. The molecule has 1 aromatic heterocycles. The van der Waals surface area contributed by atoms with Crippen molar-refractivity contribution >= 4 is 11.0 Å². The van der Waals surface area contributed by atoms with Crippen molar-refractivity contribution in [2.45, 2.75) is 44.6 Å². The number of aliphatic hydroxyl groups is 4. The fraction of sp³-hybridized carbons (Fsp3) is 0.526. The summed E-state index contributed by atoms with van der Waals surface area (Å²) in [4.78, 5) is 12.3. The Bertz CT molecular complexity index is 950. The number of hydrogen-bond acceptors (Lipinski definition) is 10. The molecular formula is C19H24O10. The van der Waals surface area contributed by atoms with Crippen LogP contribution in [-0.4, -0.2) is 72.0 Å². The maximum Gasteiger partial charge on any atom is 0.343 e. The predicted octanol–water partition coefficient (Wildman–Crippen LogP) is -0.394. The molecule has 10 heteroatoms. The minimum absolute atomic E-state index is 0.00580. The smallest absolute Gasteiger partial charge is 0.343 e. The summed E-state index contributed by atoms with van der Waals surface area (Å²) < 4.78 is 27.3. The largest absolute Gasteiger partial charge is 0.495 e. The lowest BCUT2D eigenvalue weighted by Gasteiger charge is -2.39. The first kappa shape index (κ1) is 21.3. The van der Waals surface area contributed by atoms with Crippen molar-refractivity contribution in [2.75, 3.05) is 20.8 Å². The second kappa shape index (κ2) is 8.17. The summed E-state index contributed by atoms with van der Waals surface area (Å²) in [5, 5.41) is 40.0. The van der Waals surface area contributed by atoms with E-state index in [0.29, 0.717) is 16.7 Å². The van der Waals surface area contributed by atoms with Crippen LogP contribution in [0.2, 0.25) is 0 Å². The standard InChI is InChI=1S/C19H24O10/c1-7-5-9(25-3)16(17-11(7)15(26-4)8(2)18(24)28-17)29-19-14(23)13(22)12(21)10(6-20)27-19/h5,10,12-14,19-23H,6H2,1-4H3/t10-,12-,13+,14-,19-/m1/s1. The van der Waals surface area contributed by atoms with Gasteiger partial charge in [0.05, 0.1) is 31.8 Å². The van der Waals surface area contributed by atoms with Gasteiger partial charge < -0.3 is 43.8 Å². The summed E-state index contributed by atoms with van der Waals surface area (Å²) in [6, 6.07) is 1.63. The third kappa shape index (κ3) is 3.53. The summed E-state index contributed by atoms with van der Waals surface area (Å²) in [7, 11) is 2.80. The highest BCUT2D eigenvalue weighted by Crippen LogP contribution is 2.43. The number of benzene rings is 1. The van der Waals surface area contributed by atoms with Crippen molar-refractivity contribution in [3.05, 3.63) is 27.6 Å². The van der Waals surface area contributed by atoms with Crippen LogP contribution in [0.3, 0.4) is 0 Å². The van der Waals surface area contributed by atoms with Gasteiger partial charge in [0.25, 0.3) is 0 Å². The van der Waals surface area contributed by atoms with Crippen LogP contribution in [-0.2, 0) is 4.74 Å². The molecule has 3 rings (SSSR count). The van der Waals surface area contributed by atoms with Crippen LogP contribution in [0.4, 0.5) is 0 Å². The molecule has 0 spiro atoms. The number of ether oxygens (including phenoxy) is 4. The van der Waals surface area contributed by atoms with E-state index in [1.165, 1.54) is 14.2 Å². The molecule has 0 saturated carbocycles. The summed E-state index contributed by atoms with van der Waals surface area (Å²) in [6.07, 6.45) is -7.45. The summed E-state index contributed by atoms with van der Waals surface area (Å²) in [5.41, 5.74) is 0.306. The van der Waals surface area contributed by atoms with Crippen molar-refractivity contribution < 1.29 is 43.8 Å². The Balaban J connectivity index is 2.17. The van der Waals surface area contributed by atoms with E-state index >= 15 is 0 Å². The van der Waals surface area contributed by atoms with Gasteiger partial charge in [-0.25, -0.2) is 4.79 Å². The summed E-state index contributed by atoms with van der Waals surface area (Å²) in [5.74, 6) is 0.420. The molecule has 2 aromatic rings. The highest BCUT2D eigenvalue weighted by Gasteiger charge is 2.45. The maximum absolute atomic E-state index is 12.3. The molecule has 0 amide bonds. The van der Waals surface area contributed by atoms with Crippen molar-refractivity contribution in [3.8, 4) is 17.2 Å². The Hall–Kier alpha value is -2.37. The molecular weight excluding hydrogens is 388 g/mol. The van der Waals surface area contributed by atoms with Gasteiger partial charge in [0.1, 0.15) is 30.2 Å². The van der Waals surface area contributed by atoms with Crippen LogP contribution in [0.5, 0.6) is 17.2 Å². The molecule has 1 saturated heterocycles. The van der Waals surface area contributed by atoms with Gasteiger partial charge >= 0.3 is 5.63 Å². The Labute approximate surface area is 165 Å². The quantitative estimate of drug-likeness (QED) is 0.478. The van der Waals surface area contributed by atoms with Crippen LogP contribution < -0.4 is 19.8 Å². The van der Waals surface area contributed by atoms with Gasteiger partial charge in [-0.05, 0) is 25.5 Å². The van der Waals surface area contributed by atoms with Gasteiger partial charge in [0.15, 0.2) is 11.3 Å². The molecule has 160 valence electrons. The Morgan fingerprint density at radius 1 is 1.03 bits per heavy atom. The van der Waals surface area contributed by atoms with Gasteiger partial charge in [0, 0.05) is 0 Å². The van der Waals surface area contributed by atoms with E-state index in [1.54, 1.807) is 19.9 Å². The van der Waals surface area contributed by atoms with Crippen molar-refractivity contribution in [3.63, 3.8) is 0 Å². The molecule has 1 fully saturated rings. The highest BCUT2D eigenvalue weighted by molar-refractivity contribution is 5.93. The molecule has 1 aliphatic heterocycles. The Kier molecular flexibility index (Phi) is 6.01. The first-order valence-corrected chi connectivity index (χ1v) is 8.91. The third-order valence-corrected chi connectivity index (χ3v) is 4.97. The zero-order valence-corrected chi connectivity index (χ0v) is 16.4. The molecule has 29 heavy (non-hydrogen) atoms. The van der Waals surface area contributed by atoms with Crippen molar-refractivity contribution in [1.82, 2.24) is 0 Å². The van der Waals surface area contributed by atoms with Crippen LogP contribution in [0, 0.1) is 13.8 Å². The normalized spacial score (nSPS) is 27.1. The lowest BCUT2D eigenvalue weighted by atomic mass is 9.99. The number of fused-ring (bicyclic) bond motifs is 1. The Morgan fingerprint density at radius 3 is 2.31 bits per heavy atom. The second-order valence-corrected chi connectivity index (χ2v) is 6.79. The molecule has 5 atom stereocenters. The fourth-order valence-corrected chi connectivity index (χ4v) is 3.37. The van der Waals surface area contributed by atoms with E-state index in [1.807, 2.05) is 0 Å². The number of methoxy groups -OCH3 is 2. The number of aryl methyl sites for hydroxylation is 1. The number of rotatable bonds is 5. The van der Waals surface area contributed by atoms with Gasteiger partial charge in [-0.3, -0.25) is 0 Å². The average Bonchev–Trinajstić information content (AvgIpc) is 2.71. The lowest BCUT2D eigenvalue weighted by molar-refractivity contribution is -0.277. The first-order chi connectivity index (χ1) is 13.7. The molecule has 1 aromatic carbocycles. The van der Waals surface area contributed by atoms with E-state index in [9.17, 15) is 25.2 Å². The van der Waals surface area contributed by atoms with Gasteiger partial charge in [-0.15, -0.1) is 0 Å². The molecule has 0 radical (unpaired) electrons. The lowest BCUT2D eigenvalue weighted by Crippen LogP contribution is -2.60. The van der Waals surface area contributed by atoms with Gasteiger partial charge in [-0.2, -0.15) is 0 Å². The molecule has 2 heterocycles. The van der Waals surface area contributed by atoms with Crippen LogP contribution in [0.25, 0.3) is 11.0 Å². The first-order valence-electron chi connectivity index (χ1n) is 8.91. The van der Waals surface area contributed by atoms with Crippen LogP contribution in [0.15, 0.2) is 15.3 Å². The van der Waals surface area contributed by atoms with E-state index in [2.05, 4.69) is 0 Å². The third-order valence-electron chi connectivity index (χ3n) is 4.97. The topological polar surface area (TPSA) is 148 Å². The van der Waals surface area contributed by atoms with E-state index in [4.69, 9.17) is 23.4 Å². The molecule has 4 N–H and O–H groups in total. The number of hydrogen-bond donors (Lipinski definition) is 4. The minimum atomic E-state index is -1.65. The maximum atomic E-state index is 12.3. The van der Waals surface area contributed by atoms with Crippen LogP contribution in [0.1, 0.15) is 11.1 Å². The molecule has 0 unspecified atom stereocenters. The predicted molar refractivity (Wildman–Crippen MR) is 99.5 cm³/mol. The molecule has 0 aliphatic carbocycles. The fourth-order valence-electron chi connectivity index (χ4n) is 3.37. The summed E-state index contributed by atoms with van der Waals surface area (Å²) in [6.45, 7) is 2.72. The van der Waals surface area contributed by atoms with E-state index < -0.39 is 42.9 Å². The monoisotopic (exact) mass is 412 g/mol. The molecule has 0 bridgehead atoms. The van der Waals surface area contributed by atoms with Crippen molar-refractivity contribution in [1.29, 1.82) is 0 Å². The summed E-state index contributed by atoms with van der Waals surface area (Å²) >= 11 is 0. The highest BCUT2D eigenvalue weighted by atomic mass is 16.7. The second-order valence-electron chi connectivity index (χ2n) is 6.79. The van der Waals surface area contributed by atoms with E-state index in [-0.39, 0.29) is 22.6 Å². The SMILES string of the molecule is COc1cc(C)c2c(OC)c(C)c(=O)oc2c1O[C@H]1O[C@H](CO)[C@@H](O)[C@H](O)[C@H]1O. The minimum Gasteiger partial charge on any atom is -0.495 e. The van der Waals surface area contributed by atoms with Crippen LogP contribution >= 0.6 is 0 Å². The molecule has 1 aliphatic rings.